The molecule has 0 saturated carbocycles. The summed E-state index contributed by atoms with van der Waals surface area (Å²) in [6, 6.07) is 1.84. The third kappa shape index (κ3) is 4.88. The maximum absolute atomic E-state index is 14.3. The Morgan fingerprint density at radius 1 is 1.39 bits per heavy atom. The Labute approximate surface area is 171 Å². The van der Waals surface area contributed by atoms with E-state index in [0.29, 0.717) is 16.4 Å². The van der Waals surface area contributed by atoms with E-state index in [9.17, 15) is 22.8 Å². The molecular formula is C16H16BrClF3N3O4. The van der Waals surface area contributed by atoms with Crippen molar-refractivity contribution in [3.63, 3.8) is 0 Å². The highest BCUT2D eigenvalue weighted by atomic mass is 79.9. The van der Waals surface area contributed by atoms with Crippen LogP contribution in [0, 0.1) is 12.7 Å². The third-order valence-electron chi connectivity index (χ3n) is 3.56. The fourth-order valence-electron chi connectivity index (χ4n) is 2.21. The molecule has 28 heavy (non-hydrogen) atoms. The lowest BCUT2D eigenvalue weighted by atomic mass is 10.2. The monoisotopic (exact) mass is 485 g/mol. The maximum atomic E-state index is 14.3. The van der Waals surface area contributed by atoms with Crippen molar-refractivity contribution in [3.05, 3.63) is 39.3 Å². The van der Waals surface area contributed by atoms with Crippen LogP contribution >= 0.6 is 27.5 Å². The third-order valence-corrected chi connectivity index (χ3v) is 4.42. The highest BCUT2D eigenvalue weighted by molar-refractivity contribution is 9.09. The predicted molar refractivity (Wildman–Crippen MR) is 98.2 cm³/mol. The molecule has 1 atom stereocenters. The van der Waals surface area contributed by atoms with Gasteiger partial charge in [-0.15, -0.1) is 5.10 Å². The minimum absolute atomic E-state index is 0.110. The second-order valence-electron chi connectivity index (χ2n) is 5.59. The first-order chi connectivity index (χ1) is 13.2. The summed E-state index contributed by atoms with van der Waals surface area (Å²) in [7, 11) is 0. The Kier molecular flexibility index (Phi) is 7.53. The van der Waals surface area contributed by atoms with E-state index in [1.807, 2.05) is 0 Å². The van der Waals surface area contributed by atoms with Gasteiger partial charge in [0, 0.05) is 11.4 Å². The van der Waals surface area contributed by atoms with E-state index in [-0.39, 0.29) is 27.8 Å². The zero-order chi connectivity index (χ0) is 21.0. The second kappa shape index (κ2) is 9.46. The highest BCUT2D eigenvalue weighted by Gasteiger charge is 2.23. The molecule has 1 heterocycles. The van der Waals surface area contributed by atoms with Gasteiger partial charge >= 0.3 is 18.2 Å². The summed E-state index contributed by atoms with van der Waals surface area (Å²) in [6.07, 6.45) is -0.474. The second-order valence-corrected chi connectivity index (χ2v) is 6.79. The predicted octanol–water partition coefficient (Wildman–Crippen LogP) is 3.63. The lowest BCUT2D eigenvalue weighted by molar-refractivity contribution is -0.151. The van der Waals surface area contributed by atoms with Crippen molar-refractivity contribution in [1.82, 2.24) is 14.3 Å². The van der Waals surface area contributed by atoms with Crippen LogP contribution in [0.2, 0.25) is 5.02 Å². The highest BCUT2D eigenvalue weighted by Crippen LogP contribution is 2.30. The van der Waals surface area contributed by atoms with E-state index < -0.39 is 35.8 Å². The van der Waals surface area contributed by atoms with Crippen molar-refractivity contribution in [3.8, 4) is 11.4 Å². The number of benzene rings is 1. The molecule has 0 fully saturated rings. The Bertz CT molecular complexity index is 919. The Balaban J connectivity index is 2.34. The van der Waals surface area contributed by atoms with Crippen molar-refractivity contribution in [1.29, 1.82) is 0 Å². The van der Waals surface area contributed by atoms with Gasteiger partial charge in [-0.05, 0) is 26.3 Å². The van der Waals surface area contributed by atoms with Gasteiger partial charge in [0.15, 0.2) is 11.9 Å². The van der Waals surface area contributed by atoms with Crippen molar-refractivity contribution in [2.24, 2.45) is 0 Å². The van der Waals surface area contributed by atoms with E-state index in [0.717, 1.165) is 12.1 Å². The Morgan fingerprint density at radius 3 is 2.64 bits per heavy atom. The molecule has 1 aromatic carbocycles. The van der Waals surface area contributed by atoms with Crippen LogP contribution in [0.5, 0.6) is 5.75 Å². The summed E-state index contributed by atoms with van der Waals surface area (Å²) in [6.45, 7) is -0.376. The molecule has 0 aliphatic heterocycles. The molecule has 0 N–H and O–H groups in total. The smallest absolute Gasteiger partial charge is 0.355 e. The van der Waals surface area contributed by atoms with Crippen LogP contribution in [0.25, 0.3) is 5.69 Å². The lowest BCUT2D eigenvalue weighted by Gasteiger charge is -2.16. The number of carbonyl (C=O) groups is 1. The number of aromatic nitrogens is 3. The van der Waals surface area contributed by atoms with E-state index in [4.69, 9.17) is 21.1 Å². The molecule has 2 rings (SSSR count). The first-order valence-electron chi connectivity index (χ1n) is 8.02. The molecule has 12 heteroatoms. The largest absolute Gasteiger partial charge is 0.477 e. The molecule has 154 valence electrons. The van der Waals surface area contributed by atoms with Crippen LogP contribution in [-0.4, -0.2) is 38.4 Å². The van der Waals surface area contributed by atoms with Gasteiger partial charge in [-0.1, -0.05) is 27.5 Å². The summed E-state index contributed by atoms with van der Waals surface area (Å²) in [5, 5.41) is 4.12. The van der Waals surface area contributed by atoms with Crippen LogP contribution in [-0.2, 0) is 9.53 Å². The lowest BCUT2D eigenvalue weighted by Crippen LogP contribution is -2.27. The summed E-state index contributed by atoms with van der Waals surface area (Å²) in [5.74, 6) is -2.09. The molecule has 1 unspecified atom stereocenters. The van der Waals surface area contributed by atoms with Gasteiger partial charge in [-0.25, -0.2) is 18.5 Å². The molecular weight excluding hydrogens is 471 g/mol. The van der Waals surface area contributed by atoms with Crippen molar-refractivity contribution < 1.29 is 27.4 Å². The number of ether oxygens (including phenoxy) is 2. The number of alkyl halides is 3. The van der Waals surface area contributed by atoms with E-state index >= 15 is 0 Å². The van der Waals surface area contributed by atoms with Gasteiger partial charge in [0.25, 0.3) is 0 Å². The van der Waals surface area contributed by atoms with Crippen molar-refractivity contribution in [2.75, 3.05) is 11.9 Å². The van der Waals surface area contributed by atoms with Crippen LogP contribution < -0.4 is 10.4 Å². The first kappa shape index (κ1) is 22.3. The number of hydrogen-bond acceptors (Lipinski definition) is 5. The maximum Gasteiger partial charge on any atom is 0.355 e. The molecule has 0 amide bonds. The standard InChI is InChI=1S/C16H16BrClF3N3O4/c1-8(14(25)27-5-3-4-17)28-13-7-12(11(19)6-10(13)18)24-16(26)23(15(20)21)9(2)22-24/h6-8,15H,3-5H2,1-2H3. The number of esters is 1. The molecule has 7 nitrogen and oxygen atoms in total. The quantitative estimate of drug-likeness (QED) is 0.324. The summed E-state index contributed by atoms with van der Waals surface area (Å²) in [4.78, 5) is 24.0. The summed E-state index contributed by atoms with van der Waals surface area (Å²) >= 11 is 9.14. The topological polar surface area (TPSA) is 75.4 Å². The van der Waals surface area contributed by atoms with Crippen LogP contribution in [0.4, 0.5) is 13.2 Å². The summed E-state index contributed by atoms with van der Waals surface area (Å²) in [5.41, 5.74) is -1.69. The molecule has 0 spiro atoms. The zero-order valence-electron chi connectivity index (χ0n) is 14.8. The number of carbonyl (C=O) groups excluding carboxylic acids is 1. The first-order valence-corrected chi connectivity index (χ1v) is 9.52. The average Bonchev–Trinajstić information content (AvgIpc) is 2.91. The molecule has 0 saturated heterocycles. The molecule has 2 aromatic rings. The van der Waals surface area contributed by atoms with Crippen molar-refractivity contribution in [2.45, 2.75) is 32.9 Å². The number of rotatable bonds is 8. The average molecular weight is 487 g/mol. The van der Waals surface area contributed by atoms with Gasteiger partial charge in [-0.3, -0.25) is 0 Å². The number of nitrogens with zero attached hydrogens (tertiary/aromatic N) is 3. The molecule has 0 aliphatic carbocycles. The molecule has 0 bridgehead atoms. The number of halogens is 5. The molecule has 0 aliphatic rings. The number of hydrogen-bond donors (Lipinski definition) is 0. The van der Waals surface area contributed by atoms with E-state index in [2.05, 4.69) is 21.0 Å². The van der Waals surface area contributed by atoms with Crippen LogP contribution in [0.15, 0.2) is 16.9 Å². The van der Waals surface area contributed by atoms with Gasteiger partial charge in [0.1, 0.15) is 17.3 Å². The van der Waals surface area contributed by atoms with E-state index in [1.165, 1.54) is 13.8 Å². The Morgan fingerprint density at radius 2 is 2.07 bits per heavy atom. The van der Waals surface area contributed by atoms with Gasteiger partial charge < -0.3 is 9.47 Å². The zero-order valence-corrected chi connectivity index (χ0v) is 17.1. The van der Waals surface area contributed by atoms with Crippen molar-refractivity contribution >= 4 is 33.5 Å². The van der Waals surface area contributed by atoms with Crippen LogP contribution in [0.3, 0.4) is 0 Å². The molecule has 1 aromatic heterocycles. The number of aryl methyl sites for hydroxylation is 1. The molecule has 0 radical (unpaired) electrons. The van der Waals surface area contributed by atoms with Gasteiger partial charge in [-0.2, -0.15) is 13.5 Å². The van der Waals surface area contributed by atoms with E-state index in [1.54, 1.807) is 0 Å². The van der Waals surface area contributed by atoms with Gasteiger partial charge in [0.05, 0.1) is 11.6 Å². The van der Waals surface area contributed by atoms with Crippen LogP contribution in [0.1, 0.15) is 25.7 Å². The SMILES string of the molecule is Cc1nn(-c2cc(OC(C)C(=O)OCCCBr)c(Cl)cc2F)c(=O)n1C(F)F. The summed E-state index contributed by atoms with van der Waals surface area (Å²) < 4.78 is 51.2. The minimum Gasteiger partial charge on any atom is -0.477 e. The Hall–Kier alpha value is -2.01. The minimum atomic E-state index is -3.14. The van der Waals surface area contributed by atoms with Gasteiger partial charge in [0.2, 0.25) is 0 Å². The fraction of sp³-hybridized carbons (Fsp3) is 0.438. The fourth-order valence-corrected chi connectivity index (χ4v) is 2.64. The normalized spacial score (nSPS) is 12.3.